The van der Waals surface area contributed by atoms with Gasteiger partial charge in [0, 0.05) is 18.3 Å². The molecular formula is C21H18N4O2. The summed E-state index contributed by atoms with van der Waals surface area (Å²) in [4.78, 5) is 16.7. The second-order valence-corrected chi connectivity index (χ2v) is 6.07. The van der Waals surface area contributed by atoms with E-state index in [1.807, 2.05) is 79.0 Å². The average Bonchev–Trinajstić information content (AvgIpc) is 3.37. The van der Waals surface area contributed by atoms with Crippen molar-refractivity contribution in [1.82, 2.24) is 20.0 Å². The van der Waals surface area contributed by atoms with Crippen LogP contribution in [0, 0.1) is 0 Å². The van der Waals surface area contributed by atoms with E-state index in [0.717, 1.165) is 11.1 Å². The molecular weight excluding hydrogens is 340 g/mol. The van der Waals surface area contributed by atoms with Crippen molar-refractivity contribution in [2.24, 2.45) is 0 Å². The highest BCUT2D eigenvalue weighted by Crippen LogP contribution is 2.22. The fourth-order valence-electron chi connectivity index (χ4n) is 2.79. The van der Waals surface area contributed by atoms with Crippen LogP contribution in [0.3, 0.4) is 0 Å². The molecule has 6 nitrogen and oxygen atoms in total. The van der Waals surface area contributed by atoms with E-state index in [0.29, 0.717) is 24.0 Å². The van der Waals surface area contributed by atoms with E-state index in [9.17, 15) is 4.79 Å². The van der Waals surface area contributed by atoms with Crippen molar-refractivity contribution in [3.63, 3.8) is 0 Å². The molecule has 0 radical (unpaired) electrons. The number of hydrogen-bond acceptors (Lipinski definition) is 4. The molecule has 0 unspecified atom stereocenters. The number of carbonyl (C=O) groups is 1. The van der Waals surface area contributed by atoms with Gasteiger partial charge in [-0.15, -0.1) is 0 Å². The van der Waals surface area contributed by atoms with Crippen LogP contribution in [-0.2, 0) is 17.9 Å². The van der Waals surface area contributed by atoms with Crippen molar-refractivity contribution in [3.8, 4) is 23.0 Å². The Kier molecular flexibility index (Phi) is 4.78. The minimum Gasteiger partial charge on any atom is -0.350 e. The van der Waals surface area contributed by atoms with Crippen LogP contribution in [0.15, 0.2) is 83.5 Å². The number of amides is 1. The summed E-state index contributed by atoms with van der Waals surface area (Å²) in [6, 6.07) is 23.1. The third-order valence-electron chi connectivity index (χ3n) is 4.15. The molecule has 0 saturated carbocycles. The SMILES string of the molecule is O=C(Cn1cccc1-c1nc(-c2ccccc2)no1)NCc1ccccc1. The van der Waals surface area contributed by atoms with Gasteiger partial charge in [-0.1, -0.05) is 65.8 Å². The summed E-state index contributed by atoms with van der Waals surface area (Å²) < 4.78 is 7.20. The van der Waals surface area contributed by atoms with Crippen LogP contribution in [0.25, 0.3) is 23.0 Å². The maximum atomic E-state index is 12.3. The Hall–Kier alpha value is -3.67. The zero-order valence-electron chi connectivity index (χ0n) is 14.6. The van der Waals surface area contributed by atoms with Crippen LogP contribution >= 0.6 is 0 Å². The third kappa shape index (κ3) is 3.95. The van der Waals surface area contributed by atoms with Gasteiger partial charge in [0.25, 0.3) is 5.89 Å². The van der Waals surface area contributed by atoms with Crippen molar-refractivity contribution >= 4 is 5.91 Å². The Morgan fingerprint density at radius 1 is 0.963 bits per heavy atom. The van der Waals surface area contributed by atoms with Crippen LogP contribution in [0.5, 0.6) is 0 Å². The van der Waals surface area contributed by atoms with Gasteiger partial charge in [-0.3, -0.25) is 4.79 Å². The van der Waals surface area contributed by atoms with Crippen LogP contribution in [0.1, 0.15) is 5.56 Å². The zero-order valence-corrected chi connectivity index (χ0v) is 14.6. The standard InChI is InChI=1S/C21H18N4O2/c26-19(22-14-16-8-3-1-4-9-16)15-25-13-7-12-18(25)21-23-20(24-27-21)17-10-5-2-6-11-17/h1-13H,14-15H2,(H,22,26). The molecule has 134 valence electrons. The van der Waals surface area contributed by atoms with Gasteiger partial charge in [0.1, 0.15) is 12.2 Å². The van der Waals surface area contributed by atoms with E-state index in [2.05, 4.69) is 15.5 Å². The van der Waals surface area contributed by atoms with Crippen LogP contribution in [-0.4, -0.2) is 20.6 Å². The lowest BCUT2D eigenvalue weighted by Crippen LogP contribution is -2.27. The van der Waals surface area contributed by atoms with Crippen molar-refractivity contribution in [2.45, 2.75) is 13.1 Å². The number of nitrogens with zero attached hydrogens (tertiary/aromatic N) is 3. The predicted octanol–water partition coefficient (Wildman–Crippen LogP) is 3.52. The number of rotatable bonds is 6. The van der Waals surface area contributed by atoms with Crippen LogP contribution in [0.2, 0.25) is 0 Å². The second-order valence-electron chi connectivity index (χ2n) is 6.07. The zero-order chi connectivity index (χ0) is 18.5. The van der Waals surface area contributed by atoms with Gasteiger partial charge < -0.3 is 14.4 Å². The Morgan fingerprint density at radius 2 is 1.70 bits per heavy atom. The Morgan fingerprint density at radius 3 is 2.48 bits per heavy atom. The van der Waals surface area contributed by atoms with Crippen molar-refractivity contribution in [3.05, 3.63) is 84.6 Å². The number of hydrogen-bond donors (Lipinski definition) is 1. The Balaban J connectivity index is 1.45. The average molecular weight is 358 g/mol. The third-order valence-corrected chi connectivity index (χ3v) is 4.15. The minimum absolute atomic E-state index is 0.0842. The first-order chi connectivity index (χ1) is 13.3. The van der Waals surface area contributed by atoms with Gasteiger partial charge in [-0.2, -0.15) is 4.98 Å². The van der Waals surface area contributed by atoms with Gasteiger partial charge in [0.2, 0.25) is 11.7 Å². The van der Waals surface area contributed by atoms with Gasteiger partial charge >= 0.3 is 0 Å². The molecule has 2 aromatic carbocycles. The topological polar surface area (TPSA) is 73.0 Å². The summed E-state index contributed by atoms with van der Waals surface area (Å²) >= 11 is 0. The second kappa shape index (κ2) is 7.70. The molecule has 0 aliphatic heterocycles. The van der Waals surface area contributed by atoms with Crippen molar-refractivity contribution < 1.29 is 9.32 Å². The van der Waals surface area contributed by atoms with E-state index >= 15 is 0 Å². The summed E-state index contributed by atoms with van der Waals surface area (Å²) in [6.45, 7) is 0.674. The molecule has 1 N–H and O–H groups in total. The van der Waals surface area contributed by atoms with E-state index in [1.165, 1.54) is 0 Å². The van der Waals surface area contributed by atoms with E-state index < -0.39 is 0 Å². The first kappa shape index (κ1) is 16.8. The van der Waals surface area contributed by atoms with E-state index in [4.69, 9.17) is 4.52 Å². The summed E-state index contributed by atoms with van der Waals surface area (Å²) in [5.41, 5.74) is 2.65. The normalized spacial score (nSPS) is 10.7. The molecule has 0 aliphatic rings. The molecule has 27 heavy (non-hydrogen) atoms. The summed E-state index contributed by atoms with van der Waals surface area (Å²) in [5.74, 6) is 0.820. The first-order valence-electron chi connectivity index (χ1n) is 8.65. The lowest BCUT2D eigenvalue weighted by atomic mass is 10.2. The molecule has 0 aliphatic carbocycles. The molecule has 4 rings (SSSR count). The Bertz CT molecular complexity index is 1020. The summed E-state index contributed by atoms with van der Waals surface area (Å²) in [7, 11) is 0. The highest BCUT2D eigenvalue weighted by Gasteiger charge is 2.15. The fraction of sp³-hybridized carbons (Fsp3) is 0.0952. The largest absolute Gasteiger partial charge is 0.350 e. The molecule has 0 spiro atoms. The summed E-state index contributed by atoms with van der Waals surface area (Å²) in [5, 5.41) is 6.96. The minimum atomic E-state index is -0.0842. The lowest BCUT2D eigenvalue weighted by molar-refractivity contribution is -0.121. The molecule has 2 heterocycles. The number of carbonyl (C=O) groups excluding carboxylic acids is 1. The van der Waals surface area contributed by atoms with Crippen LogP contribution < -0.4 is 5.32 Å². The molecule has 1 amide bonds. The van der Waals surface area contributed by atoms with Crippen LogP contribution in [0.4, 0.5) is 0 Å². The predicted molar refractivity (Wildman–Crippen MR) is 101 cm³/mol. The monoisotopic (exact) mass is 358 g/mol. The van der Waals surface area contributed by atoms with Gasteiger partial charge in [0.15, 0.2) is 0 Å². The molecule has 0 saturated heterocycles. The highest BCUT2D eigenvalue weighted by molar-refractivity contribution is 5.76. The van der Waals surface area contributed by atoms with E-state index in [1.54, 1.807) is 4.57 Å². The van der Waals surface area contributed by atoms with Gasteiger partial charge in [0.05, 0.1) is 0 Å². The van der Waals surface area contributed by atoms with Gasteiger partial charge in [-0.25, -0.2) is 0 Å². The molecule has 2 aromatic heterocycles. The maximum Gasteiger partial charge on any atom is 0.274 e. The van der Waals surface area contributed by atoms with Crippen molar-refractivity contribution in [1.29, 1.82) is 0 Å². The van der Waals surface area contributed by atoms with Gasteiger partial charge in [-0.05, 0) is 17.7 Å². The molecule has 0 bridgehead atoms. The summed E-state index contributed by atoms with van der Waals surface area (Å²) in [6.07, 6.45) is 1.82. The highest BCUT2D eigenvalue weighted by atomic mass is 16.5. The fourth-order valence-corrected chi connectivity index (χ4v) is 2.79. The Labute approximate surface area is 156 Å². The van der Waals surface area contributed by atoms with Crippen molar-refractivity contribution in [2.75, 3.05) is 0 Å². The van der Waals surface area contributed by atoms with E-state index in [-0.39, 0.29) is 12.5 Å². The molecule has 4 aromatic rings. The number of aromatic nitrogens is 3. The molecule has 0 fully saturated rings. The maximum absolute atomic E-state index is 12.3. The first-order valence-corrected chi connectivity index (χ1v) is 8.65. The number of nitrogens with one attached hydrogen (secondary N) is 1. The molecule has 6 heteroatoms. The quantitative estimate of drug-likeness (QED) is 0.572. The molecule has 0 atom stereocenters. The number of benzene rings is 2. The smallest absolute Gasteiger partial charge is 0.274 e. The lowest BCUT2D eigenvalue weighted by Gasteiger charge is -2.08.